The first-order valence-electron chi connectivity index (χ1n) is 6.73. The third-order valence-electron chi connectivity index (χ3n) is 3.66. The first kappa shape index (κ1) is 14.5. The van der Waals surface area contributed by atoms with Crippen LogP contribution in [0.1, 0.15) is 38.2 Å². The maximum Gasteiger partial charge on any atom is 0.131 e. The van der Waals surface area contributed by atoms with Crippen LogP contribution in [-0.2, 0) is 11.3 Å². The standard InChI is InChI=1S/C15H19ClFNO/c1-11(19)8-14-4-2-3-7-18(14)10-12-5-6-13(16)9-15(12)17/h5-6,9,14H,2-4,7-8,10H2,1H3. The van der Waals surface area contributed by atoms with Crippen LogP contribution in [-0.4, -0.2) is 23.3 Å². The van der Waals surface area contributed by atoms with Gasteiger partial charge in [-0.2, -0.15) is 0 Å². The molecule has 1 saturated heterocycles. The second-order valence-electron chi connectivity index (χ2n) is 5.26. The molecule has 1 aromatic rings. The van der Waals surface area contributed by atoms with E-state index in [0.29, 0.717) is 23.6 Å². The van der Waals surface area contributed by atoms with Gasteiger partial charge in [-0.1, -0.05) is 24.1 Å². The molecule has 0 saturated carbocycles. The lowest BCUT2D eigenvalue weighted by molar-refractivity contribution is -0.118. The lowest BCUT2D eigenvalue weighted by Gasteiger charge is -2.35. The Morgan fingerprint density at radius 1 is 1.47 bits per heavy atom. The van der Waals surface area contributed by atoms with Crippen molar-refractivity contribution in [1.82, 2.24) is 4.90 Å². The van der Waals surface area contributed by atoms with E-state index in [-0.39, 0.29) is 17.6 Å². The number of piperidine rings is 1. The molecule has 0 radical (unpaired) electrons. The second kappa shape index (κ2) is 6.49. The zero-order valence-electron chi connectivity index (χ0n) is 11.2. The third-order valence-corrected chi connectivity index (χ3v) is 3.90. The normalized spacial score (nSPS) is 20.5. The predicted molar refractivity (Wildman–Crippen MR) is 74.8 cm³/mol. The highest BCUT2D eigenvalue weighted by molar-refractivity contribution is 6.30. The van der Waals surface area contributed by atoms with Crippen LogP contribution in [0.25, 0.3) is 0 Å². The lowest BCUT2D eigenvalue weighted by atomic mass is 9.97. The fourth-order valence-corrected chi connectivity index (χ4v) is 2.86. The first-order valence-corrected chi connectivity index (χ1v) is 7.11. The highest BCUT2D eigenvalue weighted by atomic mass is 35.5. The number of rotatable bonds is 4. The second-order valence-corrected chi connectivity index (χ2v) is 5.70. The number of carbonyl (C=O) groups is 1. The molecule has 0 bridgehead atoms. The molecule has 0 aliphatic carbocycles. The van der Waals surface area contributed by atoms with E-state index in [2.05, 4.69) is 4.90 Å². The Labute approximate surface area is 118 Å². The molecule has 0 aromatic heterocycles. The summed E-state index contributed by atoms with van der Waals surface area (Å²) >= 11 is 5.76. The fraction of sp³-hybridized carbons (Fsp3) is 0.533. The average Bonchev–Trinajstić information content (AvgIpc) is 2.34. The van der Waals surface area contributed by atoms with Crippen LogP contribution in [0.3, 0.4) is 0 Å². The van der Waals surface area contributed by atoms with Crippen LogP contribution in [0.2, 0.25) is 5.02 Å². The number of nitrogens with zero attached hydrogens (tertiary/aromatic N) is 1. The smallest absolute Gasteiger partial charge is 0.131 e. The Balaban J connectivity index is 2.08. The van der Waals surface area contributed by atoms with Gasteiger partial charge in [0.05, 0.1) is 0 Å². The molecule has 1 aromatic carbocycles. The quantitative estimate of drug-likeness (QED) is 0.837. The number of likely N-dealkylation sites (tertiary alicyclic amines) is 1. The number of benzene rings is 1. The number of Topliss-reactive ketones (excluding diaryl/α,β-unsaturated/α-hetero) is 1. The molecule has 4 heteroatoms. The van der Waals surface area contributed by atoms with E-state index < -0.39 is 0 Å². The van der Waals surface area contributed by atoms with Crippen LogP contribution in [0, 0.1) is 5.82 Å². The van der Waals surface area contributed by atoms with E-state index in [1.165, 1.54) is 6.07 Å². The molecule has 0 N–H and O–H groups in total. The largest absolute Gasteiger partial charge is 0.300 e. The molecular formula is C15H19ClFNO. The predicted octanol–water partition coefficient (Wildman–Crippen LogP) is 3.81. The van der Waals surface area contributed by atoms with Crippen molar-refractivity contribution in [3.8, 4) is 0 Å². The monoisotopic (exact) mass is 283 g/mol. The van der Waals surface area contributed by atoms with E-state index in [1.54, 1.807) is 19.1 Å². The van der Waals surface area contributed by atoms with Crippen molar-refractivity contribution in [1.29, 1.82) is 0 Å². The van der Waals surface area contributed by atoms with E-state index in [0.717, 1.165) is 25.8 Å². The van der Waals surface area contributed by atoms with Crippen molar-refractivity contribution in [2.75, 3.05) is 6.54 Å². The number of carbonyl (C=O) groups excluding carboxylic acids is 1. The van der Waals surface area contributed by atoms with Crippen LogP contribution in [0.5, 0.6) is 0 Å². The van der Waals surface area contributed by atoms with Crippen LogP contribution >= 0.6 is 11.6 Å². The topological polar surface area (TPSA) is 20.3 Å². The third kappa shape index (κ3) is 4.02. The molecule has 1 atom stereocenters. The summed E-state index contributed by atoms with van der Waals surface area (Å²) in [5.41, 5.74) is 0.653. The van der Waals surface area contributed by atoms with Crippen molar-refractivity contribution in [2.24, 2.45) is 0 Å². The van der Waals surface area contributed by atoms with E-state index in [4.69, 9.17) is 11.6 Å². The van der Waals surface area contributed by atoms with Crippen molar-refractivity contribution in [2.45, 2.75) is 45.2 Å². The van der Waals surface area contributed by atoms with Gasteiger partial charge in [0.2, 0.25) is 0 Å². The molecule has 1 aliphatic rings. The molecule has 1 heterocycles. The maximum atomic E-state index is 13.8. The van der Waals surface area contributed by atoms with Gasteiger partial charge in [-0.25, -0.2) is 4.39 Å². The molecule has 1 fully saturated rings. The van der Waals surface area contributed by atoms with E-state index in [1.807, 2.05) is 0 Å². The van der Waals surface area contributed by atoms with Crippen LogP contribution in [0.4, 0.5) is 4.39 Å². The van der Waals surface area contributed by atoms with Gasteiger partial charge in [0.15, 0.2) is 0 Å². The fourth-order valence-electron chi connectivity index (χ4n) is 2.70. The van der Waals surface area contributed by atoms with E-state index in [9.17, 15) is 9.18 Å². The zero-order chi connectivity index (χ0) is 13.8. The van der Waals surface area contributed by atoms with Gasteiger partial charge in [0, 0.05) is 29.6 Å². The molecule has 0 spiro atoms. The van der Waals surface area contributed by atoms with Gasteiger partial charge < -0.3 is 0 Å². The number of hydrogen-bond acceptors (Lipinski definition) is 2. The number of halogens is 2. The summed E-state index contributed by atoms with van der Waals surface area (Å²) in [5, 5.41) is 0.417. The minimum atomic E-state index is -0.264. The van der Waals surface area contributed by atoms with Crippen LogP contribution < -0.4 is 0 Å². The zero-order valence-corrected chi connectivity index (χ0v) is 11.9. The van der Waals surface area contributed by atoms with Crippen molar-refractivity contribution in [3.63, 3.8) is 0 Å². The summed E-state index contributed by atoms with van der Waals surface area (Å²) < 4.78 is 13.8. The summed E-state index contributed by atoms with van der Waals surface area (Å²) in [4.78, 5) is 13.5. The molecular weight excluding hydrogens is 265 g/mol. The van der Waals surface area contributed by atoms with E-state index >= 15 is 0 Å². The first-order chi connectivity index (χ1) is 9.06. The minimum absolute atomic E-state index is 0.202. The Morgan fingerprint density at radius 2 is 2.26 bits per heavy atom. The van der Waals surface area contributed by atoms with Crippen molar-refractivity contribution in [3.05, 3.63) is 34.6 Å². The molecule has 0 amide bonds. The Morgan fingerprint density at radius 3 is 2.95 bits per heavy atom. The average molecular weight is 284 g/mol. The SMILES string of the molecule is CC(=O)CC1CCCCN1Cc1ccc(Cl)cc1F. The van der Waals surface area contributed by atoms with Crippen LogP contribution in [0.15, 0.2) is 18.2 Å². The molecule has 104 valence electrons. The van der Waals surface area contributed by atoms with Crippen molar-refractivity contribution < 1.29 is 9.18 Å². The minimum Gasteiger partial charge on any atom is -0.300 e. The maximum absolute atomic E-state index is 13.8. The van der Waals surface area contributed by atoms with Gasteiger partial charge in [0.25, 0.3) is 0 Å². The summed E-state index contributed by atoms with van der Waals surface area (Å²) in [6.45, 7) is 3.11. The molecule has 1 unspecified atom stereocenters. The summed E-state index contributed by atoms with van der Waals surface area (Å²) in [7, 11) is 0. The van der Waals surface area contributed by atoms with Crippen molar-refractivity contribution >= 4 is 17.4 Å². The Hall–Kier alpha value is -0.930. The highest BCUT2D eigenvalue weighted by Crippen LogP contribution is 2.24. The Bertz CT molecular complexity index is 463. The van der Waals surface area contributed by atoms with Gasteiger partial charge in [-0.3, -0.25) is 9.69 Å². The van der Waals surface area contributed by atoms with Gasteiger partial charge in [0.1, 0.15) is 11.6 Å². The van der Waals surface area contributed by atoms with Gasteiger partial charge in [-0.15, -0.1) is 0 Å². The number of ketones is 1. The van der Waals surface area contributed by atoms with Gasteiger partial charge >= 0.3 is 0 Å². The highest BCUT2D eigenvalue weighted by Gasteiger charge is 2.24. The summed E-state index contributed by atoms with van der Waals surface area (Å²) in [6.07, 6.45) is 3.85. The molecule has 2 nitrogen and oxygen atoms in total. The molecule has 19 heavy (non-hydrogen) atoms. The lowest BCUT2D eigenvalue weighted by Crippen LogP contribution is -2.40. The van der Waals surface area contributed by atoms with Gasteiger partial charge in [-0.05, 0) is 38.4 Å². The Kier molecular flexibility index (Phi) is 4.94. The summed E-state index contributed by atoms with van der Waals surface area (Å²) in [5.74, 6) is -0.0619. The molecule has 2 rings (SSSR count). The summed E-state index contributed by atoms with van der Waals surface area (Å²) in [6, 6.07) is 5.04. The molecule has 1 aliphatic heterocycles. The number of hydrogen-bond donors (Lipinski definition) is 0.